The lowest BCUT2D eigenvalue weighted by Gasteiger charge is -2.36. The Labute approximate surface area is 365 Å². The number of methoxy groups -OCH3 is 2. The van der Waals surface area contributed by atoms with Crippen molar-refractivity contribution < 1.29 is 28.3 Å². The van der Waals surface area contributed by atoms with Gasteiger partial charge in [0.25, 0.3) is 11.8 Å². The number of aromatic nitrogens is 6. The number of anilines is 2. The maximum absolute atomic E-state index is 12.9. The summed E-state index contributed by atoms with van der Waals surface area (Å²) < 4.78 is 19.0. The molecule has 3 N–H and O–H groups in total. The summed E-state index contributed by atoms with van der Waals surface area (Å²) in [7, 11) is 3.17. The molecule has 0 spiro atoms. The van der Waals surface area contributed by atoms with Crippen molar-refractivity contribution in [2.75, 3.05) is 76.4 Å². The Hall–Kier alpha value is -5.27. The predicted octanol–water partition coefficient (Wildman–Crippen LogP) is 4.67. The van der Waals surface area contributed by atoms with Crippen LogP contribution in [0.2, 0.25) is 20.1 Å². The van der Waals surface area contributed by atoms with Crippen molar-refractivity contribution in [2.45, 2.75) is 33.9 Å². The van der Waals surface area contributed by atoms with Crippen LogP contribution in [0.4, 0.5) is 11.4 Å². The molecule has 2 aliphatic rings. The van der Waals surface area contributed by atoms with Gasteiger partial charge in [-0.15, -0.1) is 10.2 Å². The van der Waals surface area contributed by atoms with E-state index in [1.54, 1.807) is 50.6 Å². The van der Waals surface area contributed by atoms with E-state index in [0.29, 0.717) is 102 Å². The normalized spacial score (nSPS) is 14.2. The fourth-order valence-corrected chi connectivity index (χ4v) is 7.50. The van der Waals surface area contributed by atoms with Crippen LogP contribution in [0.15, 0.2) is 40.8 Å². The molecule has 0 aliphatic carbocycles. The van der Waals surface area contributed by atoms with E-state index in [9.17, 15) is 14.4 Å². The van der Waals surface area contributed by atoms with E-state index >= 15 is 0 Å². The number of rotatable bonds is 10. The molecule has 2 aliphatic heterocycles. The molecular formula is C38H44Cl4N12O6. The van der Waals surface area contributed by atoms with Crippen LogP contribution in [0, 0.1) is 20.8 Å². The van der Waals surface area contributed by atoms with Crippen molar-refractivity contribution in [3.8, 4) is 23.1 Å². The molecule has 0 radical (unpaired) electrons. The quantitative estimate of drug-likeness (QED) is 0.112. The number of halogens is 4. The molecule has 18 nitrogen and oxygen atoms in total. The van der Waals surface area contributed by atoms with Gasteiger partial charge in [0.05, 0.1) is 45.7 Å². The Bertz CT molecular complexity index is 2350. The number of nitrogens with zero attached hydrogens (tertiary/aromatic N) is 10. The number of nitrogens with one attached hydrogen (secondary N) is 1. The van der Waals surface area contributed by atoms with Crippen LogP contribution in [-0.2, 0) is 22.7 Å². The molecule has 5 aromatic rings. The Morgan fingerprint density at radius 1 is 0.700 bits per heavy atom. The number of benzene rings is 2. The summed E-state index contributed by atoms with van der Waals surface area (Å²) in [4.78, 5) is 45.3. The van der Waals surface area contributed by atoms with Crippen molar-refractivity contribution in [1.82, 2.24) is 45.0 Å². The zero-order chi connectivity index (χ0) is 43.2. The molecule has 3 amide bonds. The van der Waals surface area contributed by atoms with Gasteiger partial charge in [-0.1, -0.05) is 46.4 Å². The minimum atomic E-state index is -0.601. The third-order valence-corrected chi connectivity index (χ3v) is 11.7. The second kappa shape index (κ2) is 19.4. The average Bonchev–Trinajstić information content (AvgIpc) is 3.91. The highest BCUT2D eigenvalue weighted by Gasteiger charge is 2.27. The van der Waals surface area contributed by atoms with Gasteiger partial charge >= 0.3 is 0 Å². The van der Waals surface area contributed by atoms with E-state index in [1.165, 1.54) is 4.68 Å². The first kappa shape index (κ1) is 44.3. The standard InChI is InChI=1S/C20H22Cl2N6O3.C18H22Cl2N6O3/c1-12-18(22)19(20-24-23-13(2)31-20)25-28(12)11-17(29)27-8-6-26(7-9-27)14-4-5-15(21)16(10-14)30-3;1-11-16(20)17(18(28)22-21)23-26(11)10-15(27)25-7-5-24(6-8-25)12-3-4-13(19)14(9-12)29-2/h4-5,10H,6-9,11H2,1-3H3;3-4,9H,5-8,10,21H2,1-2H3,(H,22,28). The number of amides is 3. The zero-order valence-corrected chi connectivity index (χ0v) is 36.6. The minimum Gasteiger partial charge on any atom is -0.495 e. The maximum Gasteiger partial charge on any atom is 0.287 e. The summed E-state index contributed by atoms with van der Waals surface area (Å²) in [5.41, 5.74) is 5.59. The van der Waals surface area contributed by atoms with Gasteiger partial charge in [0.1, 0.15) is 24.6 Å². The van der Waals surface area contributed by atoms with Gasteiger partial charge in [-0.25, -0.2) is 5.84 Å². The predicted molar refractivity (Wildman–Crippen MR) is 227 cm³/mol. The molecule has 22 heteroatoms. The van der Waals surface area contributed by atoms with E-state index in [1.807, 2.05) is 40.7 Å². The molecule has 60 heavy (non-hydrogen) atoms. The van der Waals surface area contributed by atoms with Crippen LogP contribution in [0.25, 0.3) is 11.6 Å². The van der Waals surface area contributed by atoms with E-state index in [-0.39, 0.29) is 41.5 Å². The molecule has 0 saturated carbocycles. The summed E-state index contributed by atoms with van der Waals surface area (Å²) in [6, 6.07) is 11.3. The number of hydrogen-bond donors (Lipinski definition) is 2. The Morgan fingerprint density at radius 3 is 1.60 bits per heavy atom. The summed E-state index contributed by atoms with van der Waals surface area (Å²) in [5.74, 6) is 6.33. The fourth-order valence-electron chi connectivity index (χ4n) is 6.67. The molecule has 320 valence electrons. The summed E-state index contributed by atoms with van der Waals surface area (Å²) in [6.45, 7) is 10.4. The van der Waals surface area contributed by atoms with Crippen LogP contribution < -0.4 is 30.5 Å². The zero-order valence-electron chi connectivity index (χ0n) is 33.5. The van der Waals surface area contributed by atoms with Crippen LogP contribution in [0.5, 0.6) is 11.5 Å². The number of nitrogens with two attached hydrogens (primary N) is 1. The second-order valence-electron chi connectivity index (χ2n) is 13.8. The van der Waals surface area contributed by atoms with Gasteiger partial charge in [0, 0.05) is 82.8 Å². The van der Waals surface area contributed by atoms with Crippen molar-refractivity contribution in [3.63, 3.8) is 0 Å². The summed E-state index contributed by atoms with van der Waals surface area (Å²) >= 11 is 24.7. The number of piperazine rings is 2. The lowest BCUT2D eigenvalue weighted by molar-refractivity contribution is -0.133. The molecule has 2 fully saturated rings. The Morgan fingerprint density at radius 2 is 1.17 bits per heavy atom. The third-order valence-electron chi connectivity index (χ3n) is 10.2. The van der Waals surface area contributed by atoms with Crippen LogP contribution in [0.1, 0.15) is 27.8 Å². The molecule has 2 aromatic carbocycles. The number of aryl methyl sites for hydroxylation is 1. The van der Waals surface area contributed by atoms with Gasteiger partial charge in [0.2, 0.25) is 17.7 Å². The van der Waals surface area contributed by atoms with Crippen LogP contribution >= 0.6 is 46.4 Å². The lowest BCUT2D eigenvalue weighted by Crippen LogP contribution is -2.49. The first-order chi connectivity index (χ1) is 28.7. The largest absolute Gasteiger partial charge is 0.495 e. The molecule has 3 aromatic heterocycles. The number of hydrogen-bond acceptors (Lipinski definition) is 13. The number of hydrazine groups is 1. The van der Waals surface area contributed by atoms with Crippen molar-refractivity contribution in [1.29, 1.82) is 0 Å². The first-order valence-electron chi connectivity index (χ1n) is 18.7. The molecule has 5 heterocycles. The van der Waals surface area contributed by atoms with E-state index < -0.39 is 5.91 Å². The molecular weight excluding hydrogens is 862 g/mol. The Kier molecular flexibility index (Phi) is 14.3. The monoisotopic (exact) mass is 904 g/mol. The molecule has 0 unspecified atom stereocenters. The Balaban J connectivity index is 0.000000202. The van der Waals surface area contributed by atoms with Crippen LogP contribution in [-0.4, -0.2) is 124 Å². The fraction of sp³-hybridized carbons (Fsp3) is 0.395. The second-order valence-corrected chi connectivity index (χ2v) is 15.4. The number of carbonyl (C=O) groups is 3. The van der Waals surface area contributed by atoms with Gasteiger partial charge in [-0.3, -0.25) is 29.2 Å². The van der Waals surface area contributed by atoms with Crippen molar-refractivity contribution >= 4 is 75.5 Å². The van der Waals surface area contributed by atoms with Gasteiger partial charge in [-0.2, -0.15) is 10.2 Å². The SMILES string of the molecule is COc1cc(N2CCN(C(=O)Cn3nc(-c4nnc(C)o4)c(Cl)c3C)CC2)ccc1Cl.COc1cc(N2CCN(C(=O)Cn3nc(C(=O)NN)c(Cl)c3C)CC2)ccc1Cl. The first-order valence-corrected chi connectivity index (χ1v) is 20.2. The molecule has 0 atom stereocenters. The smallest absolute Gasteiger partial charge is 0.287 e. The van der Waals surface area contributed by atoms with Crippen molar-refractivity contribution in [2.24, 2.45) is 5.84 Å². The highest BCUT2D eigenvalue weighted by atomic mass is 35.5. The maximum atomic E-state index is 12.9. The van der Waals surface area contributed by atoms with Crippen LogP contribution in [0.3, 0.4) is 0 Å². The highest BCUT2D eigenvalue weighted by Crippen LogP contribution is 2.32. The van der Waals surface area contributed by atoms with Crippen molar-refractivity contribution in [3.05, 3.63) is 79.5 Å². The van der Waals surface area contributed by atoms with Gasteiger partial charge < -0.3 is 33.5 Å². The number of nitrogen functional groups attached to an aromatic ring is 1. The summed E-state index contributed by atoms with van der Waals surface area (Å²) in [5, 5.41) is 18.0. The lowest BCUT2D eigenvalue weighted by atomic mass is 10.2. The number of ether oxygens (including phenoxy) is 2. The molecule has 0 bridgehead atoms. The highest BCUT2D eigenvalue weighted by molar-refractivity contribution is 6.34. The van der Waals surface area contributed by atoms with E-state index in [0.717, 1.165) is 11.4 Å². The van der Waals surface area contributed by atoms with Gasteiger partial charge in [0.15, 0.2) is 11.4 Å². The van der Waals surface area contributed by atoms with E-state index in [4.69, 9.17) is 66.1 Å². The minimum absolute atomic E-state index is 0.000900. The molecule has 2 saturated heterocycles. The topological polar surface area (TPSA) is 195 Å². The third kappa shape index (κ3) is 9.84. The average molecular weight is 907 g/mol. The molecule has 7 rings (SSSR count). The van der Waals surface area contributed by atoms with Gasteiger partial charge in [-0.05, 0) is 38.1 Å². The number of carbonyl (C=O) groups excluding carboxylic acids is 3. The van der Waals surface area contributed by atoms with E-state index in [2.05, 4.69) is 30.2 Å². The summed E-state index contributed by atoms with van der Waals surface area (Å²) in [6.07, 6.45) is 0.